The zero-order valence-corrected chi connectivity index (χ0v) is 10.9. The van der Waals surface area contributed by atoms with Crippen molar-refractivity contribution >= 4 is 5.97 Å². The average molecular weight is 222 g/mol. The summed E-state index contributed by atoms with van der Waals surface area (Å²) in [5.74, 6) is -0.255. The largest absolute Gasteiger partial charge is 0.459 e. The van der Waals surface area contributed by atoms with Gasteiger partial charge in [-0.25, -0.2) is 4.79 Å². The molecule has 0 unspecified atom stereocenters. The Morgan fingerprint density at radius 3 is 2.00 bits per heavy atom. The summed E-state index contributed by atoms with van der Waals surface area (Å²) in [5, 5.41) is 0. The van der Waals surface area contributed by atoms with E-state index >= 15 is 0 Å². The number of ether oxygens (including phenoxy) is 1. The van der Waals surface area contributed by atoms with Gasteiger partial charge in [0.15, 0.2) is 0 Å². The quantitative estimate of drug-likeness (QED) is 0.707. The molecule has 0 saturated carbocycles. The van der Waals surface area contributed by atoms with E-state index in [-0.39, 0.29) is 12.1 Å². The fraction of sp³-hybridized carbons (Fsp3) is 0.500. The second kappa shape index (κ2) is 7.91. The molecule has 0 atom stereocenters. The number of hydrogen-bond donors (Lipinski definition) is 0. The van der Waals surface area contributed by atoms with Gasteiger partial charge >= 0.3 is 5.97 Å². The molecule has 0 aliphatic heterocycles. The Bertz CT molecular complexity index is 299. The third kappa shape index (κ3) is 6.23. The summed E-state index contributed by atoms with van der Waals surface area (Å²) in [4.78, 5) is 11.3. The molecule has 0 aliphatic carbocycles. The van der Waals surface area contributed by atoms with Crippen molar-refractivity contribution in [1.29, 1.82) is 0 Å². The van der Waals surface area contributed by atoms with E-state index in [0.29, 0.717) is 5.56 Å². The molecule has 0 radical (unpaired) electrons. The highest BCUT2D eigenvalue weighted by molar-refractivity contribution is 5.89. The maximum absolute atomic E-state index is 11.3. The fourth-order valence-corrected chi connectivity index (χ4v) is 0.972. The minimum absolute atomic E-state index is 0.0613. The Kier molecular flexibility index (Phi) is 7.27. The van der Waals surface area contributed by atoms with Crippen molar-refractivity contribution in [1.82, 2.24) is 0 Å². The normalized spacial score (nSPS) is 9.38. The van der Waals surface area contributed by atoms with Gasteiger partial charge in [0.25, 0.3) is 0 Å². The fourth-order valence-electron chi connectivity index (χ4n) is 0.972. The number of rotatable bonds is 2. The smallest absolute Gasteiger partial charge is 0.338 e. The van der Waals surface area contributed by atoms with Crippen molar-refractivity contribution in [2.45, 2.75) is 47.1 Å². The highest BCUT2D eigenvalue weighted by Crippen LogP contribution is 2.05. The Morgan fingerprint density at radius 2 is 1.62 bits per heavy atom. The van der Waals surface area contributed by atoms with E-state index in [1.165, 1.54) is 6.42 Å². The summed E-state index contributed by atoms with van der Waals surface area (Å²) in [6.45, 7) is 9.91. The molecule has 0 saturated heterocycles. The third-order valence-corrected chi connectivity index (χ3v) is 1.63. The molecular weight excluding hydrogens is 200 g/mol. The van der Waals surface area contributed by atoms with Crippen LogP contribution in [0.1, 0.15) is 50.0 Å². The Morgan fingerprint density at radius 1 is 1.19 bits per heavy atom. The van der Waals surface area contributed by atoms with Crippen LogP contribution in [0.15, 0.2) is 24.3 Å². The first-order chi connectivity index (χ1) is 7.51. The van der Waals surface area contributed by atoms with Crippen LogP contribution in [-0.2, 0) is 4.74 Å². The molecule has 0 spiro atoms. The van der Waals surface area contributed by atoms with Crippen molar-refractivity contribution in [3.63, 3.8) is 0 Å². The topological polar surface area (TPSA) is 26.3 Å². The van der Waals surface area contributed by atoms with E-state index in [0.717, 1.165) is 5.56 Å². The predicted octanol–water partition coefficient (Wildman–Crippen LogP) is 3.98. The van der Waals surface area contributed by atoms with Gasteiger partial charge in [-0.2, -0.15) is 0 Å². The minimum atomic E-state index is -0.255. The van der Waals surface area contributed by atoms with Crippen molar-refractivity contribution in [3.8, 4) is 0 Å². The van der Waals surface area contributed by atoms with Crippen LogP contribution in [0.4, 0.5) is 0 Å². The van der Waals surface area contributed by atoms with Gasteiger partial charge in [-0.3, -0.25) is 0 Å². The maximum Gasteiger partial charge on any atom is 0.338 e. The molecule has 1 aromatic rings. The Balaban J connectivity index is 0.000000673. The average Bonchev–Trinajstić information content (AvgIpc) is 2.18. The van der Waals surface area contributed by atoms with E-state index < -0.39 is 0 Å². The van der Waals surface area contributed by atoms with Crippen molar-refractivity contribution in [2.75, 3.05) is 0 Å². The van der Waals surface area contributed by atoms with Gasteiger partial charge in [-0.1, -0.05) is 38.0 Å². The van der Waals surface area contributed by atoms with Crippen LogP contribution in [0.5, 0.6) is 0 Å². The van der Waals surface area contributed by atoms with Crippen molar-refractivity contribution in [3.05, 3.63) is 35.4 Å². The van der Waals surface area contributed by atoms with E-state index in [2.05, 4.69) is 13.8 Å². The van der Waals surface area contributed by atoms with Crippen LogP contribution in [0, 0.1) is 6.92 Å². The van der Waals surface area contributed by atoms with Crippen molar-refractivity contribution < 1.29 is 9.53 Å². The van der Waals surface area contributed by atoms with E-state index in [9.17, 15) is 4.79 Å². The Labute approximate surface area is 98.6 Å². The second-order valence-electron chi connectivity index (χ2n) is 4.03. The molecule has 16 heavy (non-hydrogen) atoms. The zero-order valence-electron chi connectivity index (χ0n) is 10.9. The van der Waals surface area contributed by atoms with Crippen LogP contribution in [0.25, 0.3) is 0 Å². The van der Waals surface area contributed by atoms with Gasteiger partial charge in [0, 0.05) is 0 Å². The molecular formula is C14H22O2. The predicted molar refractivity (Wildman–Crippen MR) is 67.7 cm³/mol. The molecule has 0 aromatic heterocycles. The number of carbonyl (C=O) groups is 1. The van der Waals surface area contributed by atoms with Gasteiger partial charge in [-0.15, -0.1) is 0 Å². The molecule has 0 bridgehead atoms. The first-order valence-corrected chi connectivity index (χ1v) is 5.78. The lowest BCUT2D eigenvalue weighted by Gasteiger charge is -2.07. The van der Waals surface area contributed by atoms with Crippen LogP contribution < -0.4 is 0 Å². The molecule has 2 nitrogen and oxygen atoms in total. The Hall–Kier alpha value is -1.31. The number of hydrogen-bond acceptors (Lipinski definition) is 2. The molecule has 90 valence electrons. The molecule has 1 aromatic carbocycles. The summed E-state index contributed by atoms with van der Waals surface area (Å²) < 4.78 is 5.04. The summed E-state index contributed by atoms with van der Waals surface area (Å²) in [6.07, 6.45) is 1.19. The van der Waals surface area contributed by atoms with Crippen LogP contribution in [0.2, 0.25) is 0 Å². The maximum atomic E-state index is 11.3. The molecule has 0 amide bonds. The van der Waals surface area contributed by atoms with Gasteiger partial charge in [-0.05, 0) is 32.9 Å². The first kappa shape index (κ1) is 14.7. The molecule has 0 heterocycles. The summed E-state index contributed by atoms with van der Waals surface area (Å²) in [5.41, 5.74) is 1.75. The standard InChI is InChI=1S/C11H14O2.C3H8/c1-8(2)13-11(12)10-6-4-9(3)5-7-10;1-3-2/h4-8H,1-3H3;3H2,1-2H3. The monoisotopic (exact) mass is 222 g/mol. The number of aryl methyl sites for hydroxylation is 1. The molecule has 0 fully saturated rings. The first-order valence-electron chi connectivity index (χ1n) is 5.78. The van der Waals surface area contributed by atoms with Crippen LogP contribution in [0.3, 0.4) is 0 Å². The van der Waals surface area contributed by atoms with Crippen molar-refractivity contribution in [2.24, 2.45) is 0 Å². The minimum Gasteiger partial charge on any atom is -0.459 e. The molecule has 1 rings (SSSR count). The lowest BCUT2D eigenvalue weighted by molar-refractivity contribution is 0.0378. The van der Waals surface area contributed by atoms with Gasteiger partial charge in [0.05, 0.1) is 11.7 Å². The second-order valence-corrected chi connectivity index (χ2v) is 4.03. The van der Waals surface area contributed by atoms with Crippen LogP contribution >= 0.6 is 0 Å². The third-order valence-electron chi connectivity index (χ3n) is 1.63. The van der Waals surface area contributed by atoms with Gasteiger partial charge < -0.3 is 4.74 Å². The lowest BCUT2D eigenvalue weighted by Crippen LogP contribution is -2.11. The van der Waals surface area contributed by atoms with E-state index in [4.69, 9.17) is 4.74 Å². The highest BCUT2D eigenvalue weighted by atomic mass is 16.5. The number of benzene rings is 1. The summed E-state index contributed by atoms with van der Waals surface area (Å²) in [7, 11) is 0. The lowest BCUT2D eigenvalue weighted by atomic mass is 10.1. The molecule has 0 N–H and O–H groups in total. The highest BCUT2D eigenvalue weighted by Gasteiger charge is 2.07. The van der Waals surface area contributed by atoms with Gasteiger partial charge in [0.2, 0.25) is 0 Å². The number of esters is 1. The SMILES string of the molecule is CCC.Cc1ccc(C(=O)OC(C)C)cc1. The number of carbonyl (C=O) groups excluding carboxylic acids is 1. The van der Waals surface area contributed by atoms with Crippen LogP contribution in [-0.4, -0.2) is 12.1 Å². The molecule has 2 heteroatoms. The summed E-state index contributed by atoms with van der Waals surface area (Å²) >= 11 is 0. The molecule has 0 aliphatic rings. The zero-order chi connectivity index (χ0) is 12.6. The van der Waals surface area contributed by atoms with E-state index in [1.54, 1.807) is 12.1 Å². The summed E-state index contributed by atoms with van der Waals surface area (Å²) in [6, 6.07) is 7.36. The van der Waals surface area contributed by atoms with E-state index in [1.807, 2.05) is 32.9 Å². The van der Waals surface area contributed by atoms with Gasteiger partial charge in [0.1, 0.15) is 0 Å².